The lowest BCUT2D eigenvalue weighted by Gasteiger charge is -2.35. The van der Waals surface area contributed by atoms with E-state index in [1.807, 2.05) is 36.0 Å². The fraction of sp³-hybridized carbons (Fsp3) is 0.481. The lowest BCUT2D eigenvalue weighted by molar-refractivity contribution is 0.0883. The molecule has 0 N–H and O–H groups in total. The van der Waals surface area contributed by atoms with Crippen LogP contribution in [0, 0.1) is 13.8 Å². The minimum absolute atomic E-state index is 0.500. The normalized spacial score (nSPS) is 15.1. The first-order valence-corrected chi connectivity index (χ1v) is 16.7. The van der Waals surface area contributed by atoms with Crippen LogP contribution < -0.4 is 4.90 Å². The molecule has 0 bridgehead atoms. The third-order valence-corrected chi connectivity index (χ3v) is 8.68. The van der Waals surface area contributed by atoms with Gasteiger partial charge in [-0.2, -0.15) is 0 Å². The molecule has 0 saturated carbocycles. The number of hydrogen-bond acceptors (Lipinski definition) is 8. The Morgan fingerprint density at radius 2 is 1.84 bits per heavy atom. The van der Waals surface area contributed by atoms with Crippen LogP contribution in [0.1, 0.15) is 17.1 Å². The van der Waals surface area contributed by atoms with Gasteiger partial charge >= 0.3 is 0 Å². The van der Waals surface area contributed by atoms with Crippen LogP contribution in [0.5, 0.6) is 0 Å². The molecule has 1 aliphatic heterocycles. The molecule has 0 unspecified atom stereocenters. The Balaban J connectivity index is 1.21. The maximum absolute atomic E-state index is 6.18. The van der Waals surface area contributed by atoms with Crippen molar-refractivity contribution in [3.05, 3.63) is 54.1 Å². The molecule has 5 rings (SSSR count). The van der Waals surface area contributed by atoms with E-state index < -0.39 is 8.07 Å². The van der Waals surface area contributed by atoms with Gasteiger partial charge in [0, 0.05) is 70.1 Å². The second-order valence-corrected chi connectivity index (χ2v) is 16.7. The number of nitrogens with zero attached hydrogens (tertiary/aromatic N) is 7. The quantitative estimate of drug-likeness (QED) is 0.232. The second kappa shape index (κ2) is 10.7. The molecule has 9 nitrogen and oxygen atoms in total. The van der Waals surface area contributed by atoms with Crippen molar-refractivity contribution in [2.75, 3.05) is 37.7 Å². The fourth-order valence-electron chi connectivity index (χ4n) is 4.55. The molecule has 3 aromatic heterocycles. The molecule has 1 saturated heterocycles. The number of rotatable bonds is 9. The van der Waals surface area contributed by atoms with Crippen molar-refractivity contribution in [3.63, 3.8) is 0 Å². The summed E-state index contributed by atoms with van der Waals surface area (Å²) in [5.41, 5.74) is 4.85. The smallest absolute Gasteiger partial charge is 0.209 e. The summed E-state index contributed by atoms with van der Waals surface area (Å²) in [5.74, 6) is 2.66. The van der Waals surface area contributed by atoms with E-state index in [2.05, 4.69) is 57.4 Å². The van der Waals surface area contributed by atoms with E-state index in [0.717, 1.165) is 84.3 Å². The Labute approximate surface area is 219 Å². The molecule has 196 valence electrons. The number of benzene rings is 1. The Bertz CT molecular complexity index is 1350. The third-order valence-electron chi connectivity index (χ3n) is 6.97. The second-order valence-electron chi connectivity index (χ2n) is 11.0. The van der Waals surface area contributed by atoms with Crippen LogP contribution in [0.15, 0.2) is 41.3 Å². The van der Waals surface area contributed by atoms with Crippen molar-refractivity contribution in [3.8, 4) is 11.4 Å². The number of ether oxygens (including phenoxy) is 1. The maximum Gasteiger partial charge on any atom is 0.209 e. The Hall–Kier alpha value is -3.08. The summed E-state index contributed by atoms with van der Waals surface area (Å²) in [5, 5.41) is 0. The molecule has 0 atom stereocenters. The Morgan fingerprint density at radius 3 is 2.62 bits per heavy atom. The summed E-state index contributed by atoms with van der Waals surface area (Å²) >= 11 is 0. The molecule has 1 fully saturated rings. The highest BCUT2D eigenvalue weighted by atomic mass is 28.3. The van der Waals surface area contributed by atoms with Gasteiger partial charge in [-0.25, -0.2) is 19.9 Å². The topological polar surface area (TPSA) is 85.3 Å². The number of hydrogen-bond donors (Lipinski definition) is 0. The lowest BCUT2D eigenvalue weighted by atomic mass is 10.2. The van der Waals surface area contributed by atoms with Crippen molar-refractivity contribution in [2.24, 2.45) is 0 Å². The van der Waals surface area contributed by atoms with Gasteiger partial charge in [0.15, 0.2) is 5.58 Å². The van der Waals surface area contributed by atoms with E-state index in [-0.39, 0.29) is 0 Å². The van der Waals surface area contributed by atoms with Gasteiger partial charge in [0.1, 0.15) is 30.2 Å². The molecule has 10 heteroatoms. The van der Waals surface area contributed by atoms with Gasteiger partial charge in [-0.1, -0.05) is 19.6 Å². The average Bonchev–Trinajstić information content (AvgIpc) is 3.49. The van der Waals surface area contributed by atoms with Crippen molar-refractivity contribution in [2.45, 2.75) is 52.8 Å². The number of anilines is 1. The lowest BCUT2D eigenvalue weighted by Crippen LogP contribution is -2.46. The molecule has 0 spiro atoms. The van der Waals surface area contributed by atoms with Crippen LogP contribution >= 0.6 is 0 Å². The molecule has 0 aliphatic carbocycles. The first-order valence-electron chi connectivity index (χ1n) is 13.0. The zero-order valence-corrected chi connectivity index (χ0v) is 23.6. The van der Waals surface area contributed by atoms with Crippen LogP contribution in [0.2, 0.25) is 25.7 Å². The minimum Gasteiger partial charge on any atom is -0.439 e. The van der Waals surface area contributed by atoms with E-state index in [0.29, 0.717) is 13.3 Å². The highest BCUT2D eigenvalue weighted by Gasteiger charge is 2.22. The van der Waals surface area contributed by atoms with Gasteiger partial charge in [0.25, 0.3) is 0 Å². The van der Waals surface area contributed by atoms with E-state index in [9.17, 15) is 0 Å². The van der Waals surface area contributed by atoms with Gasteiger partial charge in [-0.3, -0.25) is 4.90 Å². The van der Waals surface area contributed by atoms with Crippen LogP contribution in [-0.4, -0.2) is 70.3 Å². The fourth-order valence-corrected chi connectivity index (χ4v) is 5.30. The number of fused-ring (bicyclic) bond motifs is 1. The largest absolute Gasteiger partial charge is 0.439 e. The Morgan fingerprint density at radius 1 is 1.03 bits per heavy atom. The molecule has 4 aromatic rings. The summed E-state index contributed by atoms with van der Waals surface area (Å²) in [4.78, 5) is 22.9. The van der Waals surface area contributed by atoms with Crippen molar-refractivity contribution in [1.82, 2.24) is 29.4 Å². The van der Waals surface area contributed by atoms with E-state index in [1.165, 1.54) is 0 Å². The van der Waals surface area contributed by atoms with Crippen LogP contribution in [-0.2, 0) is 18.0 Å². The first-order chi connectivity index (χ1) is 17.8. The standard InChI is InChI=1S/C27H37N7O2Si/c1-20-21(2)29-18-30-26(20)33-12-10-32(11-13-33)17-25-31-23-7-6-22(16-24(23)36-25)27-28-8-9-34(27)19-35-14-15-37(3,4)5/h6-9,16,18H,10-15,17,19H2,1-5H3. The average molecular weight is 520 g/mol. The summed E-state index contributed by atoms with van der Waals surface area (Å²) in [7, 11) is -1.11. The third kappa shape index (κ3) is 6.08. The predicted molar refractivity (Wildman–Crippen MR) is 148 cm³/mol. The van der Waals surface area contributed by atoms with Crippen molar-refractivity contribution < 1.29 is 9.15 Å². The highest BCUT2D eigenvalue weighted by molar-refractivity contribution is 6.76. The highest BCUT2D eigenvalue weighted by Crippen LogP contribution is 2.26. The molecule has 0 amide bonds. The monoisotopic (exact) mass is 519 g/mol. The van der Waals surface area contributed by atoms with Gasteiger partial charge in [-0.15, -0.1) is 0 Å². The number of aromatic nitrogens is 5. The van der Waals surface area contributed by atoms with Gasteiger partial charge in [0.05, 0.1) is 6.54 Å². The molecule has 1 aliphatic rings. The van der Waals surface area contributed by atoms with Crippen LogP contribution in [0.3, 0.4) is 0 Å². The number of oxazole rings is 1. The summed E-state index contributed by atoms with van der Waals surface area (Å²) in [6.07, 6.45) is 5.44. The van der Waals surface area contributed by atoms with E-state index in [1.54, 1.807) is 6.33 Å². The van der Waals surface area contributed by atoms with E-state index in [4.69, 9.17) is 14.1 Å². The first kappa shape index (κ1) is 25.6. The van der Waals surface area contributed by atoms with Crippen LogP contribution in [0.4, 0.5) is 5.82 Å². The molecular weight excluding hydrogens is 482 g/mol. The SMILES string of the molecule is Cc1ncnc(N2CCN(Cc3nc4ccc(-c5nccn5COCC[Si](C)(C)C)cc4o3)CC2)c1C. The minimum atomic E-state index is -1.11. The molecule has 37 heavy (non-hydrogen) atoms. The number of aryl methyl sites for hydroxylation is 1. The number of imidazole rings is 1. The molecule has 4 heterocycles. The van der Waals surface area contributed by atoms with Crippen molar-refractivity contribution >= 4 is 25.0 Å². The zero-order chi connectivity index (χ0) is 26.0. The summed E-state index contributed by atoms with van der Waals surface area (Å²) in [6.45, 7) is 16.9. The van der Waals surface area contributed by atoms with Gasteiger partial charge in [0.2, 0.25) is 5.89 Å². The molecule has 0 radical (unpaired) electrons. The molecular formula is C27H37N7O2Si. The predicted octanol–water partition coefficient (Wildman–Crippen LogP) is 4.73. The van der Waals surface area contributed by atoms with E-state index >= 15 is 0 Å². The van der Waals surface area contributed by atoms with Crippen molar-refractivity contribution in [1.29, 1.82) is 0 Å². The Kier molecular flexibility index (Phi) is 7.41. The summed E-state index contributed by atoms with van der Waals surface area (Å²) in [6, 6.07) is 7.25. The number of piperazine rings is 1. The molecule has 1 aromatic carbocycles. The van der Waals surface area contributed by atoms with Gasteiger partial charge < -0.3 is 18.6 Å². The summed E-state index contributed by atoms with van der Waals surface area (Å²) < 4.78 is 14.2. The van der Waals surface area contributed by atoms with Crippen LogP contribution in [0.25, 0.3) is 22.5 Å². The van der Waals surface area contributed by atoms with Gasteiger partial charge in [-0.05, 0) is 38.1 Å². The maximum atomic E-state index is 6.18. The zero-order valence-electron chi connectivity index (χ0n) is 22.6.